The van der Waals surface area contributed by atoms with Crippen molar-refractivity contribution >= 4 is 15.8 Å². The summed E-state index contributed by atoms with van der Waals surface area (Å²) in [5, 5.41) is 6.33. The van der Waals surface area contributed by atoms with Crippen LogP contribution in [0.25, 0.3) is 0 Å². The highest BCUT2D eigenvalue weighted by Gasteiger charge is 2.13. The molecule has 152 valence electrons. The van der Waals surface area contributed by atoms with Gasteiger partial charge in [0.15, 0.2) is 15.8 Å². The molecule has 2 aromatic carbocycles. The Bertz CT molecular complexity index is 884. The van der Waals surface area contributed by atoms with Crippen LogP contribution in [0.1, 0.15) is 12.0 Å². The van der Waals surface area contributed by atoms with Gasteiger partial charge in [0, 0.05) is 31.8 Å². The maximum Gasteiger partial charge on any atom is 0.191 e. The molecule has 0 aliphatic rings. The minimum atomic E-state index is -3.26. The zero-order valence-corrected chi connectivity index (χ0v) is 17.3. The van der Waals surface area contributed by atoms with E-state index in [1.807, 2.05) is 18.2 Å². The second-order valence-electron chi connectivity index (χ2n) is 6.02. The average Bonchev–Trinajstić information content (AvgIpc) is 2.73. The van der Waals surface area contributed by atoms with Crippen molar-refractivity contribution in [1.82, 2.24) is 10.6 Å². The van der Waals surface area contributed by atoms with E-state index >= 15 is 0 Å². The molecule has 0 unspecified atom stereocenters. The summed E-state index contributed by atoms with van der Waals surface area (Å²) in [6, 6.07) is 14.1. The van der Waals surface area contributed by atoms with Crippen molar-refractivity contribution in [3.8, 4) is 11.5 Å². The summed E-state index contributed by atoms with van der Waals surface area (Å²) in [6.45, 7) is 1.00. The number of benzene rings is 2. The lowest BCUT2D eigenvalue weighted by atomic mass is 10.2. The molecular weight excluding hydrogens is 378 g/mol. The predicted octanol–water partition coefficient (Wildman–Crippen LogP) is 2.23. The van der Waals surface area contributed by atoms with Crippen LogP contribution >= 0.6 is 0 Å². The quantitative estimate of drug-likeness (QED) is 0.378. The molecule has 0 heterocycles. The van der Waals surface area contributed by atoms with Gasteiger partial charge in [0.05, 0.1) is 24.9 Å². The Kier molecular flexibility index (Phi) is 8.13. The van der Waals surface area contributed by atoms with Gasteiger partial charge in [0.2, 0.25) is 0 Å². The number of nitrogens with one attached hydrogen (secondary N) is 2. The smallest absolute Gasteiger partial charge is 0.191 e. The van der Waals surface area contributed by atoms with Crippen LogP contribution in [0.15, 0.2) is 58.4 Å². The van der Waals surface area contributed by atoms with E-state index in [9.17, 15) is 8.42 Å². The molecule has 2 aromatic rings. The van der Waals surface area contributed by atoms with Gasteiger partial charge in [0.1, 0.15) is 11.5 Å². The molecule has 0 aliphatic carbocycles. The Hall–Kier alpha value is -2.74. The predicted molar refractivity (Wildman–Crippen MR) is 111 cm³/mol. The van der Waals surface area contributed by atoms with E-state index in [0.717, 1.165) is 17.1 Å². The molecule has 0 saturated carbocycles. The Morgan fingerprint density at radius 3 is 2.43 bits per heavy atom. The van der Waals surface area contributed by atoms with Crippen molar-refractivity contribution < 1.29 is 17.9 Å². The zero-order chi connectivity index (χ0) is 20.4. The molecule has 28 heavy (non-hydrogen) atoms. The first-order chi connectivity index (χ1) is 13.5. The van der Waals surface area contributed by atoms with Crippen LogP contribution in [0.5, 0.6) is 11.5 Å². The molecule has 0 aliphatic heterocycles. The van der Waals surface area contributed by atoms with Gasteiger partial charge >= 0.3 is 0 Å². The Balaban J connectivity index is 1.82. The highest BCUT2D eigenvalue weighted by atomic mass is 32.2. The minimum Gasteiger partial charge on any atom is -0.497 e. The SMILES string of the molecule is CN=C(NCCCS(=O)(=O)c1ccccc1)NCc1ccc(OC)cc1OC. The van der Waals surface area contributed by atoms with Crippen molar-refractivity contribution in [3.05, 3.63) is 54.1 Å². The van der Waals surface area contributed by atoms with Crippen molar-refractivity contribution in [2.24, 2.45) is 4.99 Å². The highest BCUT2D eigenvalue weighted by Crippen LogP contribution is 2.24. The van der Waals surface area contributed by atoms with E-state index in [-0.39, 0.29) is 5.75 Å². The number of ether oxygens (including phenoxy) is 2. The molecule has 7 nitrogen and oxygen atoms in total. The fourth-order valence-electron chi connectivity index (χ4n) is 2.61. The summed E-state index contributed by atoms with van der Waals surface area (Å²) in [5.41, 5.74) is 0.956. The zero-order valence-electron chi connectivity index (χ0n) is 16.4. The topological polar surface area (TPSA) is 89.0 Å². The third-order valence-corrected chi connectivity index (χ3v) is 5.97. The summed E-state index contributed by atoms with van der Waals surface area (Å²) in [7, 11) is 1.62. The lowest BCUT2D eigenvalue weighted by Crippen LogP contribution is -2.37. The van der Waals surface area contributed by atoms with Crippen LogP contribution in [0.2, 0.25) is 0 Å². The van der Waals surface area contributed by atoms with Crippen LogP contribution in [0.4, 0.5) is 0 Å². The molecule has 0 aromatic heterocycles. The molecular formula is C20H27N3O4S. The van der Waals surface area contributed by atoms with Crippen LogP contribution in [-0.2, 0) is 16.4 Å². The maximum absolute atomic E-state index is 12.3. The number of aliphatic imine (C=N–C) groups is 1. The second-order valence-corrected chi connectivity index (χ2v) is 8.12. The highest BCUT2D eigenvalue weighted by molar-refractivity contribution is 7.91. The number of guanidine groups is 1. The number of nitrogens with zero attached hydrogens (tertiary/aromatic N) is 1. The van der Waals surface area contributed by atoms with Crippen molar-refractivity contribution in [1.29, 1.82) is 0 Å². The van der Waals surface area contributed by atoms with E-state index in [4.69, 9.17) is 9.47 Å². The lowest BCUT2D eigenvalue weighted by Gasteiger charge is -2.14. The molecule has 2 rings (SSSR count). The standard InChI is InChI=1S/C20H27N3O4S/c1-21-20(23-15-16-10-11-17(26-2)14-19(16)27-3)22-12-7-13-28(24,25)18-8-5-4-6-9-18/h4-6,8-11,14H,7,12-13,15H2,1-3H3,(H2,21,22,23). The molecule has 2 N–H and O–H groups in total. The van der Waals surface area contributed by atoms with Gasteiger partial charge in [-0.2, -0.15) is 0 Å². The number of sulfone groups is 1. The maximum atomic E-state index is 12.3. The first kappa shape index (κ1) is 21.6. The number of methoxy groups -OCH3 is 2. The van der Waals surface area contributed by atoms with Crippen LogP contribution < -0.4 is 20.1 Å². The number of hydrogen-bond donors (Lipinski definition) is 2. The van der Waals surface area contributed by atoms with Crippen molar-refractivity contribution in [2.75, 3.05) is 33.6 Å². The fourth-order valence-corrected chi connectivity index (χ4v) is 3.94. The van der Waals surface area contributed by atoms with Crippen LogP contribution in [-0.4, -0.2) is 47.9 Å². The van der Waals surface area contributed by atoms with Crippen molar-refractivity contribution in [3.63, 3.8) is 0 Å². The molecule has 0 saturated heterocycles. The molecule has 0 spiro atoms. The number of hydrogen-bond acceptors (Lipinski definition) is 5. The van der Waals surface area contributed by atoms with Gasteiger partial charge in [-0.3, -0.25) is 4.99 Å². The third-order valence-electron chi connectivity index (χ3n) is 4.15. The second kappa shape index (κ2) is 10.6. The summed E-state index contributed by atoms with van der Waals surface area (Å²) in [5.74, 6) is 2.11. The average molecular weight is 406 g/mol. The van der Waals surface area contributed by atoms with Gasteiger partial charge in [-0.1, -0.05) is 18.2 Å². The Morgan fingerprint density at radius 1 is 1.04 bits per heavy atom. The molecule has 0 fully saturated rings. The van der Waals surface area contributed by atoms with Gasteiger partial charge in [-0.05, 0) is 30.7 Å². The Morgan fingerprint density at radius 2 is 1.79 bits per heavy atom. The van der Waals surface area contributed by atoms with E-state index in [1.54, 1.807) is 51.6 Å². The molecule has 0 bridgehead atoms. The minimum absolute atomic E-state index is 0.0767. The first-order valence-electron chi connectivity index (χ1n) is 8.93. The first-order valence-corrected chi connectivity index (χ1v) is 10.6. The number of rotatable bonds is 9. The molecule has 0 amide bonds. The van der Waals surface area contributed by atoms with E-state index in [0.29, 0.717) is 30.4 Å². The monoisotopic (exact) mass is 405 g/mol. The summed E-state index contributed by atoms with van der Waals surface area (Å²) in [4.78, 5) is 4.51. The van der Waals surface area contributed by atoms with Crippen LogP contribution in [0, 0.1) is 0 Å². The molecule has 8 heteroatoms. The van der Waals surface area contributed by atoms with Gasteiger partial charge < -0.3 is 20.1 Å². The summed E-state index contributed by atoms with van der Waals surface area (Å²) in [6.07, 6.45) is 0.476. The molecule has 0 radical (unpaired) electrons. The largest absolute Gasteiger partial charge is 0.497 e. The summed E-state index contributed by atoms with van der Waals surface area (Å²) >= 11 is 0. The van der Waals surface area contributed by atoms with Crippen LogP contribution in [0.3, 0.4) is 0 Å². The molecule has 0 atom stereocenters. The third kappa shape index (κ3) is 6.16. The summed E-state index contributed by atoms with van der Waals surface area (Å²) < 4.78 is 35.1. The van der Waals surface area contributed by atoms with Gasteiger partial charge in [0.25, 0.3) is 0 Å². The van der Waals surface area contributed by atoms with E-state index in [2.05, 4.69) is 15.6 Å². The lowest BCUT2D eigenvalue weighted by molar-refractivity contribution is 0.390. The van der Waals surface area contributed by atoms with Gasteiger partial charge in [-0.15, -0.1) is 0 Å². The Labute approximate surface area is 166 Å². The van der Waals surface area contributed by atoms with Gasteiger partial charge in [-0.25, -0.2) is 8.42 Å². The normalized spacial score (nSPS) is 11.8. The van der Waals surface area contributed by atoms with E-state index < -0.39 is 9.84 Å². The van der Waals surface area contributed by atoms with Crippen molar-refractivity contribution in [2.45, 2.75) is 17.9 Å². The van der Waals surface area contributed by atoms with E-state index in [1.165, 1.54) is 0 Å². The fraction of sp³-hybridized carbons (Fsp3) is 0.350.